The lowest BCUT2D eigenvalue weighted by atomic mass is 10.3. The molecule has 0 amide bonds. The third-order valence-electron chi connectivity index (χ3n) is 2.79. The van der Waals surface area contributed by atoms with Crippen LogP contribution < -0.4 is 14.2 Å². The Morgan fingerprint density at radius 1 is 1.24 bits per heavy atom. The molecule has 0 aliphatic rings. The van der Waals surface area contributed by atoms with Crippen molar-refractivity contribution in [2.45, 2.75) is 11.8 Å². The number of nitrogens with one attached hydrogen (secondary N) is 2. The quantitative estimate of drug-likeness (QED) is 0.876. The minimum atomic E-state index is -3.79. The van der Waals surface area contributed by atoms with Crippen molar-refractivity contribution < 1.29 is 17.9 Å². The van der Waals surface area contributed by atoms with E-state index in [0.29, 0.717) is 16.5 Å². The molecule has 0 bridgehead atoms. The van der Waals surface area contributed by atoms with Gasteiger partial charge in [-0.25, -0.2) is 8.42 Å². The summed E-state index contributed by atoms with van der Waals surface area (Å²) in [6.45, 7) is 1.61. The predicted octanol–water partition coefficient (Wildman–Crippen LogP) is 2.19. The van der Waals surface area contributed by atoms with Crippen LogP contribution in [0, 0.1) is 6.92 Å². The average Bonchev–Trinajstić information content (AvgIpc) is 2.87. The summed E-state index contributed by atoms with van der Waals surface area (Å²) >= 11 is 5.98. The van der Waals surface area contributed by atoms with E-state index in [1.54, 1.807) is 6.92 Å². The van der Waals surface area contributed by atoms with Crippen LogP contribution in [-0.4, -0.2) is 32.8 Å². The predicted molar refractivity (Wildman–Crippen MR) is 78.7 cm³/mol. The van der Waals surface area contributed by atoms with Crippen LogP contribution in [0.2, 0.25) is 5.02 Å². The molecule has 0 fully saturated rings. The number of halogens is 1. The third-order valence-corrected chi connectivity index (χ3v) is 4.57. The number of hydrogen-bond acceptors (Lipinski definition) is 5. The molecule has 1 heterocycles. The Balaban J connectivity index is 2.46. The molecule has 0 aliphatic carbocycles. The van der Waals surface area contributed by atoms with Gasteiger partial charge in [0.15, 0.2) is 0 Å². The summed E-state index contributed by atoms with van der Waals surface area (Å²) in [5.41, 5.74) is 0.654. The maximum atomic E-state index is 12.3. The normalized spacial score (nSPS) is 11.2. The number of ether oxygens (including phenoxy) is 2. The Morgan fingerprint density at radius 2 is 1.90 bits per heavy atom. The molecule has 2 rings (SSSR count). The summed E-state index contributed by atoms with van der Waals surface area (Å²) in [6.07, 6.45) is 1.23. The minimum Gasteiger partial charge on any atom is -0.495 e. The fraction of sp³-hybridized carbons (Fsp3) is 0.250. The van der Waals surface area contributed by atoms with Crippen molar-refractivity contribution in [2.24, 2.45) is 0 Å². The van der Waals surface area contributed by atoms with Crippen LogP contribution >= 0.6 is 11.6 Å². The van der Waals surface area contributed by atoms with E-state index in [0.717, 1.165) is 0 Å². The van der Waals surface area contributed by atoms with E-state index in [4.69, 9.17) is 21.1 Å². The molecule has 0 spiro atoms. The molecular formula is C12H14ClN3O4S. The lowest BCUT2D eigenvalue weighted by Gasteiger charge is -2.14. The van der Waals surface area contributed by atoms with Crippen LogP contribution in [0.15, 0.2) is 23.2 Å². The molecule has 0 saturated carbocycles. The standard InChI is InChI=1S/C12H14ClN3O4S/c1-7-12(6-14-15-7)21(17,18)16-9-5-10(19-2)8(13)4-11(9)20-3/h4-6,16H,1-3H3,(H,14,15). The van der Waals surface area contributed by atoms with E-state index < -0.39 is 10.0 Å². The molecule has 1 aromatic heterocycles. The van der Waals surface area contributed by atoms with Crippen molar-refractivity contribution >= 4 is 27.3 Å². The highest BCUT2D eigenvalue weighted by atomic mass is 35.5. The zero-order chi connectivity index (χ0) is 15.6. The van der Waals surface area contributed by atoms with Gasteiger partial charge in [0.25, 0.3) is 10.0 Å². The van der Waals surface area contributed by atoms with Crippen molar-refractivity contribution in [3.8, 4) is 11.5 Å². The van der Waals surface area contributed by atoms with Crippen LogP contribution in [0.3, 0.4) is 0 Å². The molecule has 2 aromatic rings. The first kappa shape index (κ1) is 15.5. The molecule has 1 aromatic carbocycles. The zero-order valence-corrected chi connectivity index (χ0v) is 13.2. The second-order valence-electron chi connectivity index (χ2n) is 4.15. The number of anilines is 1. The van der Waals surface area contributed by atoms with E-state index in [2.05, 4.69) is 14.9 Å². The number of rotatable bonds is 5. The lowest BCUT2D eigenvalue weighted by Crippen LogP contribution is -2.14. The van der Waals surface area contributed by atoms with Crippen LogP contribution in [0.25, 0.3) is 0 Å². The Morgan fingerprint density at radius 3 is 2.43 bits per heavy atom. The van der Waals surface area contributed by atoms with Crippen molar-refractivity contribution in [2.75, 3.05) is 18.9 Å². The average molecular weight is 332 g/mol. The Kier molecular flexibility index (Phi) is 4.29. The molecule has 21 heavy (non-hydrogen) atoms. The van der Waals surface area contributed by atoms with Gasteiger partial charge in [-0.15, -0.1) is 0 Å². The molecule has 0 aliphatic heterocycles. The summed E-state index contributed by atoms with van der Waals surface area (Å²) in [5, 5.41) is 6.59. The van der Waals surface area contributed by atoms with Gasteiger partial charge in [0.2, 0.25) is 0 Å². The highest BCUT2D eigenvalue weighted by Gasteiger charge is 2.21. The molecule has 2 N–H and O–H groups in total. The molecule has 7 nitrogen and oxygen atoms in total. The van der Waals surface area contributed by atoms with Crippen LogP contribution in [0.5, 0.6) is 11.5 Å². The lowest BCUT2D eigenvalue weighted by molar-refractivity contribution is 0.405. The first-order chi connectivity index (χ1) is 9.89. The summed E-state index contributed by atoms with van der Waals surface area (Å²) in [4.78, 5) is 0.0541. The fourth-order valence-electron chi connectivity index (χ4n) is 1.75. The first-order valence-electron chi connectivity index (χ1n) is 5.83. The molecule has 0 radical (unpaired) electrons. The monoisotopic (exact) mass is 331 g/mol. The number of aryl methyl sites for hydroxylation is 1. The highest BCUT2D eigenvalue weighted by Crippen LogP contribution is 2.36. The highest BCUT2D eigenvalue weighted by molar-refractivity contribution is 7.92. The van der Waals surface area contributed by atoms with E-state index in [1.807, 2.05) is 0 Å². The maximum absolute atomic E-state index is 12.3. The van der Waals surface area contributed by atoms with E-state index >= 15 is 0 Å². The van der Waals surface area contributed by atoms with Crippen LogP contribution in [0.1, 0.15) is 5.69 Å². The number of aromatic nitrogens is 2. The van der Waals surface area contributed by atoms with Gasteiger partial charge in [0.1, 0.15) is 16.4 Å². The zero-order valence-electron chi connectivity index (χ0n) is 11.6. The topological polar surface area (TPSA) is 93.3 Å². The first-order valence-corrected chi connectivity index (χ1v) is 7.69. The SMILES string of the molecule is COc1cc(NS(=O)(=O)c2cn[nH]c2C)c(OC)cc1Cl. The Hall–Kier alpha value is -1.93. The van der Waals surface area contributed by atoms with Crippen molar-refractivity contribution in [1.82, 2.24) is 10.2 Å². The van der Waals surface area contributed by atoms with Gasteiger partial charge in [-0.3, -0.25) is 9.82 Å². The molecule has 9 heteroatoms. The number of methoxy groups -OCH3 is 2. The van der Waals surface area contributed by atoms with E-state index in [1.165, 1.54) is 32.5 Å². The van der Waals surface area contributed by atoms with Crippen molar-refractivity contribution in [1.29, 1.82) is 0 Å². The smallest absolute Gasteiger partial charge is 0.265 e. The van der Waals surface area contributed by atoms with Gasteiger partial charge < -0.3 is 9.47 Å². The number of aromatic amines is 1. The van der Waals surface area contributed by atoms with Gasteiger partial charge >= 0.3 is 0 Å². The number of hydrogen-bond donors (Lipinski definition) is 2. The van der Waals surface area contributed by atoms with Crippen molar-refractivity contribution in [3.63, 3.8) is 0 Å². The van der Waals surface area contributed by atoms with Crippen LogP contribution in [0.4, 0.5) is 5.69 Å². The summed E-state index contributed by atoms with van der Waals surface area (Å²) in [6, 6.07) is 2.93. The largest absolute Gasteiger partial charge is 0.495 e. The summed E-state index contributed by atoms with van der Waals surface area (Å²) < 4.78 is 37.3. The van der Waals surface area contributed by atoms with Crippen molar-refractivity contribution in [3.05, 3.63) is 29.0 Å². The molecular weight excluding hydrogens is 318 g/mol. The molecule has 114 valence electrons. The number of H-pyrrole nitrogens is 1. The molecule has 0 saturated heterocycles. The van der Waals surface area contributed by atoms with Gasteiger partial charge in [-0.2, -0.15) is 5.10 Å². The number of nitrogens with zero attached hydrogens (tertiary/aromatic N) is 1. The second-order valence-corrected chi connectivity index (χ2v) is 6.21. The maximum Gasteiger partial charge on any atom is 0.265 e. The van der Waals surface area contributed by atoms with Gasteiger partial charge in [-0.05, 0) is 6.92 Å². The van der Waals surface area contributed by atoms with E-state index in [-0.39, 0.29) is 16.3 Å². The van der Waals surface area contributed by atoms with Gasteiger partial charge in [-0.1, -0.05) is 11.6 Å². The van der Waals surface area contributed by atoms with Crippen LogP contribution in [-0.2, 0) is 10.0 Å². The van der Waals surface area contributed by atoms with Gasteiger partial charge in [0.05, 0.1) is 36.8 Å². The Labute approximate surface area is 127 Å². The van der Waals surface area contributed by atoms with Gasteiger partial charge in [0, 0.05) is 12.1 Å². The fourth-order valence-corrected chi connectivity index (χ4v) is 3.18. The molecule has 0 unspecified atom stereocenters. The molecule has 0 atom stereocenters. The summed E-state index contributed by atoms with van der Waals surface area (Å²) in [5.74, 6) is 0.615. The minimum absolute atomic E-state index is 0.0541. The third kappa shape index (κ3) is 3.06. The Bertz CT molecular complexity index is 758. The number of sulfonamides is 1. The summed E-state index contributed by atoms with van der Waals surface area (Å²) in [7, 11) is -0.941. The number of benzene rings is 1. The second kappa shape index (κ2) is 5.82. The van der Waals surface area contributed by atoms with E-state index in [9.17, 15) is 8.42 Å².